The molecule has 1 radical (unpaired) electrons. The van der Waals surface area contributed by atoms with Crippen molar-refractivity contribution in [1.82, 2.24) is 19.9 Å². The summed E-state index contributed by atoms with van der Waals surface area (Å²) in [7, 11) is 0. The Hall–Kier alpha value is -5.81. The van der Waals surface area contributed by atoms with Gasteiger partial charge in [-0.3, -0.25) is 0 Å². The van der Waals surface area contributed by atoms with Gasteiger partial charge in [-0.1, -0.05) is 66.4 Å². The van der Waals surface area contributed by atoms with Crippen LogP contribution < -0.4 is 0 Å². The van der Waals surface area contributed by atoms with Crippen molar-refractivity contribution in [3.8, 4) is 44.9 Å². The minimum absolute atomic E-state index is 0. The molecule has 0 aliphatic heterocycles. The number of nitrogens with zero attached hydrogens (tertiary/aromatic N) is 4. The molecule has 0 aliphatic rings. The zero-order valence-electron chi connectivity index (χ0n) is 31.1. The van der Waals surface area contributed by atoms with Crippen molar-refractivity contribution < 1.29 is 24.5 Å². The number of rotatable bonds is 4. The molecule has 0 saturated heterocycles. The number of pyridine rings is 4. The van der Waals surface area contributed by atoms with E-state index < -0.39 is 0 Å². The maximum Gasteiger partial charge on any atom is 0.216 e. The van der Waals surface area contributed by atoms with Crippen LogP contribution in [0.2, 0.25) is 0 Å². The molecule has 5 aromatic heterocycles. The first-order valence-electron chi connectivity index (χ1n) is 17.8. The second-order valence-electron chi connectivity index (χ2n) is 13.7. The molecule has 9 rings (SSSR count). The van der Waals surface area contributed by atoms with Gasteiger partial charge in [0.15, 0.2) is 0 Å². The fraction of sp³-hybridized carbons (Fsp3) is 0.125. The maximum atomic E-state index is 6.24. The van der Waals surface area contributed by atoms with Gasteiger partial charge in [-0.2, -0.15) is 0 Å². The van der Waals surface area contributed by atoms with E-state index in [1.54, 1.807) is 0 Å². The molecule has 267 valence electrons. The summed E-state index contributed by atoms with van der Waals surface area (Å²) in [5.74, 6) is 0. The van der Waals surface area contributed by atoms with Gasteiger partial charge in [0.1, 0.15) is 0 Å². The van der Waals surface area contributed by atoms with Crippen molar-refractivity contribution >= 4 is 33.0 Å². The number of furan rings is 1. The average Bonchev–Trinajstić information content (AvgIpc) is 3.53. The molecule has 9 aromatic rings. The summed E-state index contributed by atoms with van der Waals surface area (Å²) >= 11 is 0. The van der Waals surface area contributed by atoms with Gasteiger partial charge in [-0.25, -0.2) is 9.97 Å². The molecule has 54 heavy (non-hydrogen) atoms. The smallest absolute Gasteiger partial charge is 0.216 e. The largest absolute Gasteiger partial charge is 0.486 e. The van der Waals surface area contributed by atoms with E-state index in [0.29, 0.717) is 5.71 Å². The molecule has 0 bridgehead atoms. The zero-order chi connectivity index (χ0) is 36.6. The predicted molar refractivity (Wildman–Crippen MR) is 217 cm³/mol. The van der Waals surface area contributed by atoms with E-state index in [0.717, 1.165) is 72.3 Å². The molecule has 0 spiro atoms. The molecule has 6 heteroatoms. The monoisotopic (exact) mass is 879 g/mol. The number of fused-ring (bicyclic) bond motifs is 4. The van der Waals surface area contributed by atoms with E-state index in [2.05, 4.69) is 123 Å². The SMILES string of the molecule is Cc1c[c-]c(-c2ccc(C)cn2)cc1.Cc1ccc2c(n1)oc1c(-c3cc(-c4c(C)ccc5nc(-c6c(C)cccc6C)ccc45)ccn3)[c-]ccc12.[Ir]. The zero-order valence-corrected chi connectivity index (χ0v) is 33.5. The summed E-state index contributed by atoms with van der Waals surface area (Å²) in [5.41, 5.74) is 17.5. The molecule has 4 aromatic carbocycles. The average molecular weight is 879 g/mol. The van der Waals surface area contributed by atoms with Crippen LogP contribution in [-0.2, 0) is 20.1 Å². The molecular weight excluding hydrogens is 841 g/mol. The van der Waals surface area contributed by atoms with Crippen molar-refractivity contribution in [2.24, 2.45) is 0 Å². The van der Waals surface area contributed by atoms with E-state index in [4.69, 9.17) is 14.4 Å². The van der Waals surface area contributed by atoms with Crippen molar-refractivity contribution in [2.45, 2.75) is 41.5 Å². The molecule has 0 aliphatic carbocycles. The van der Waals surface area contributed by atoms with E-state index in [1.165, 1.54) is 33.4 Å². The summed E-state index contributed by atoms with van der Waals surface area (Å²) in [4.78, 5) is 18.8. The molecule has 0 N–H and O–H groups in total. The second kappa shape index (κ2) is 15.3. The molecule has 5 nitrogen and oxygen atoms in total. The Labute approximate surface area is 329 Å². The van der Waals surface area contributed by atoms with Crippen LogP contribution in [0.15, 0.2) is 126 Å². The maximum absolute atomic E-state index is 6.24. The van der Waals surface area contributed by atoms with Crippen LogP contribution in [0, 0.1) is 53.7 Å². The van der Waals surface area contributed by atoms with Gasteiger partial charge in [-0.05, 0) is 110 Å². The molecule has 0 saturated carbocycles. The Bertz CT molecular complexity index is 2720. The Morgan fingerprint density at radius 2 is 1.33 bits per heavy atom. The molecule has 5 heterocycles. The van der Waals surface area contributed by atoms with Crippen LogP contribution in [-0.4, -0.2) is 19.9 Å². The van der Waals surface area contributed by atoms with Gasteiger partial charge >= 0.3 is 0 Å². The molecule has 0 atom stereocenters. The summed E-state index contributed by atoms with van der Waals surface area (Å²) in [6.07, 6.45) is 3.74. The predicted octanol–water partition coefficient (Wildman–Crippen LogP) is 12.1. The fourth-order valence-corrected chi connectivity index (χ4v) is 6.97. The Morgan fingerprint density at radius 3 is 2.09 bits per heavy atom. The Morgan fingerprint density at radius 1 is 0.574 bits per heavy atom. The third-order valence-corrected chi connectivity index (χ3v) is 9.71. The second-order valence-corrected chi connectivity index (χ2v) is 13.7. The first kappa shape index (κ1) is 36.5. The minimum Gasteiger partial charge on any atom is -0.486 e. The molecule has 0 unspecified atom stereocenters. The van der Waals surface area contributed by atoms with Crippen molar-refractivity contribution in [1.29, 1.82) is 0 Å². The van der Waals surface area contributed by atoms with E-state index in [1.807, 2.05) is 62.6 Å². The first-order valence-corrected chi connectivity index (χ1v) is 17.8. The number of hydrogen-bond donors (Lipinski definition) is 0. The standard InChI is InChI=1S/C35H26N3O.C13H12N.Ir/c1-20-7-5-8-21(2)32(20)30-16-14-27-29(38-30)15-11-22(3)33(27)24-17-18-36-31(19-24)28-10-6-9-25-26-13-12-23(4)37-35(26)39-34(25)28;1-10-3-6-12(7-4-10)13-8-5-11(2)9-14-13;/h5-9,11-19H,1-4H3;3-6,8-9H,1-2H3;/q2*-1;. The third kappa shape index (κ3) is 7.11. The number of benzene rings is 4. The first-order chi connectivity index (χ1) is 25.7. The fourth-order valence-electron chi connectivity index (χ4n) is 6.97. The van der Waals surface area contributed by atoms with E-state index in [9.17, 15) is 0 Å². The summed E-state index contributed by atoms with van der Waals surface area (Å²) in [5, 5.41) is 3.13. The minimum atomic E-state index is 0. The van der Waals surface area contributed by atoms with E-state index >= 15 is 0 Å². The van der Waals surface area contributed by atoms with Gasteiger partial charge in [0.2, 0.25) is 5.71 Å². The van der Waals surface area contributed by atoms with Gasteiger partial charge in [0, 0.05) is 54.5 Å². The van der Waals surface area contributed by atoms with Crippen LogP contribution in [0.5, 0.6) is 0 Å². The van der Waals surface area contributed by atoms with Crippen LogP contribution in [0.25, 0.3) is 77.9 Å². The Balaban J connectivity index is 0.000000253. The third-order valence-electron chi connectivity index (χ3n) is 9.71. The summed E-state index contributed by atoms with van der Waals surface area (Å²) in [6.45, 7) is 12.5. The summed E-state index contributed by atoms with van der Waals surface area (Å²) in [6, 6.07) is 44.0. The van der Waals surface area contributed by atoms with Crippen LogP contribution in [0.4, 0.5) is 0 Å². The number of hydrogen-bond acceptors (Lipinski definition) is 5. The molecular formula is C48H38IrN4O-2. The van der Waals surface area contributed by atoms with Crippen molar-refractivity contribution in [3.63, 3.8) is 0 Å². The molecule has 0 fully saturated rings. The van der Waals surface area contributed by atoms with E-state index in [-0.39, 0.29) is 20.1 Å². The summed E-state index contributed by atoms with van der Waals surface area (Å²) < 4.78 is 6.24. The van der Waals surface area contributed by atoms with Gasteiger partial charge in [0.05, 0.1) is 16.8 Å². The number of aromatic nitrogens is 4. The Kier molecular flexibility index (Phi) is 10.3. The van der Waals surface area contributed by atoms with Gasteiger partial charge < -0.3 is 14.4 Å². The van der Waals surface area contributed by atoms with Crippen molar-refractivity contribution in [2.75, 3.05) is 0 Å². The van der Waals surface area contributed by atoms with Crippen molar-refractivity contribution in [3.05, 3.63) is 167 Å². The van der Waals surface area contributed by atoms with Gasteiger partial charge in [0.25, 0.3) is 0 Å². The quantitative estimate of drug-likeness (QED) is 0.165. The number of aryl methyl sites for hydroxylation is 6. The normalized spacial score (nSPS) is 11.0. The molecule has 0 amide bonds. The topological polar surface area (TPSA) is 64.7 Å². The van der Waals surface area contributed by atoms with Crippen LogP contribution in [0.3, 0.4) is 0 Å². The van der Waals surface area contributed by atoms with Gasteiger partial charge in [-0.15, -0.1) is 53.6 Å². The van der Waals surface area contributed by atoms with Crippen LogP contribution >= 0.6 is 0 Å². The van der Waals surface area contributed by atoms with Crippen LogP contribution in [0.1, 0.15) is 33.5 Å².